The lowest BCUT2D eigenvalue weighted by Crippen LogP contribution is -1.96. The van der Waals surface area contributed by atoms with Crippen LogP contribution in [-0.4, -0.2) is 10.7 Å². The summed E-state index contributed by atoms with van der Waals surface area (Å²) in [6.45, 7) is 0. The van der Waals surface area contributed by atoms with Crippen LogP contribution in [0.15, 0.2) is 47.4 Å². The summed E-state index contributed by atoms with van der Waals surface area (Å²) in [6.07, 6.45) is 5.22. The molecule has 52 valence electrons. The Bertz CT molecular complexity index is 343. The van der Waals surface area contributed by atoms with E-state index in [2.05, 4.69) is 15.7 Å². The SMILES string of the molecule is C1=CN=C(c2ccccn2)C=1. The van der Waals surface area contributed by atoms with E-state index in [9.17, 15) is 0 Å². The van der Waals surface area contributed by atoms with Crippen LogP contribution in [-0.2, 0) is 0 Å². The molecule has 0 radical (unpaired) electrons. The molecular formula is C9H6N2. The first kappa shape index (κ1) is 6.08. The molecule has 0 aliphatic carbocycles. The predicted molar refractivity (Wildman–Crippen MR) is 43.4 cm³/mol. The van der Waals surface area contributed by atoms with Crippen molar-refractivity contribution in [2.45, 2.75) is 0 Å². The molecule has 2 rings (SSSR count). The highest BCUT2D eigenvalue weighted by Crippen LogP contribution is 2.01. The highest BCUT2D eigenvalue weighted by Gasteiger charge is 2.00. The summed E-state index contributed by atoms with van der Waals surface area (Å²) < 4.78 is 0. The van der Waals surface area contributed by atoms with E-state index in [-0.39, 0.29) is 0 Å². The van der Waals surface area contributed by atoms with E-state index in [0.29, 0.717) is 0 Å². The summed E-state index contributed by atoms with van der Waals surface area (Å²) in [6, 6.07) is 5.75. The predicted octanol–water partition coefficient (Wildman–Crippen LogP) is 1.55. The van der Waals surface area contributed by atoms with Crippen molar-refractivity contribution >= 4 is 5.71 Å². The molecule has 0 atom stereocenters. The number of hydrogen-bond donors (Lipinski definition) is 0. The standard InChI is InChI=1S/C9H6N2/c1-2-6-10-8(4-1)9-5-3-7-11-9/h1-2,4-7H. The second kappa shape index (κ2) is 2.52. The van der Waals surface area contributed by atoms with Crippen LogP contribution in [0.4, 0.5) is 0 Å². The lowest BCUT2D eigenvalue weighted by atomic mass is 10.2. The van der Waals surface area contributed by atoms with Crippen LogP contribution in [0.25, 0.3) is 0 Å². The molecule has 1 aromatic heterocycles. The molecular weight excluding hydrogens is 136 g/mol. The monoisotopic (exact) mass is 142 g/mol. The molecule has 0 saturated carbocycles. The Morgan fingerprint density at radius 1 is 1.27 bits per heavy atom. The zero-order chi connectivity index (χ0) is 7.52. The number of allylic oxidation sites excluding steroid dienone is 1. The maximum absolute atomic E-state index is 4.14. The van der Waals surface area contributed by atoms with E-state index in [1.54, 1.807) is 12.4 Å². The maximum atomic E-state index is 4.14. The van der Waals surface area contributed by atoms with Crippen molar-refractivity contribution in [3.05, 3.63) is 48.1 Å². The van der Waals surface area contributed by atoms with Crippen LogP contribution in [0.3, 0.4) is 0 Å². The molecule has 11 heavy (non-hydrogen) atoms. The third-order valence-corrected chi connectivity index (χ3v) is 1.43. The minimum atomic E-state index is 0.880. The fourth-order valence-electron chi connectivity index (χ4n) is 0.915. The van der Waals surface area contributed by atoms with Gasteiger partial charge in [-0.2, -0.15) is 0 Å². The topological polar surface area (TPSA) is 25.2 Å². The van der Waals surface area contributed by atoms with Gasteiger partial charge in [0.15, 0.2) is 0 Å². The van der Waals surface area contributed by atoms with Gasteiger partial charge in [0.05, 0.1) is 17.6 Å². The molecule has 0 fully saturated rings. The third kappa shape index (κ3) is 1.11. The van der Waals surface area contributed by atoms with Gasteiger partial charge < -0.3 is 0 Å². The summed E-state index contributed by atoms with van der Waals surface area (Å²) in [4.78, 5) is 8.21. The molecule has 1 aliphatic heterocycles. The molecule has 1 aromatic rings. The van der Waals surface area contributed by atoms with E-state index < -0.39 is 0 Å². The van der Waals surface area contributed by atoms with Crippen molar-refractivity contribution in [1.82, 2.24) is 4.98 Å². The number of aliphatic imine (C=N–C) groups is 1. The largest absolute Gasteiger partial charge is 0.255 e. The van der Waals surface area contributed by atoms with Gasteiger partial charge in [-0.05, 0) is 12.1 Å². The van der Waals surface area contributed by atoms with Crippen LogP contribution in [0.1, 0.15) is 5.69 Å². The van der Waals surface area contributed by atoms with Crippen molar-refractivity contribution in [1.29, 1.82) is 0 Å². The Hall–Kier alpha value is -1.66. The molecule has 0 spiro atoms. The summed E-state index contributed by atoms with van der Waals surface area (Å²) in [5.41, 5.74) is 4.65. The number of rotatable bonds is 1. The van der Waals surface area contributed by atoms with Crippen LogP contribution >= 0.6 is 0 Å². The van der Waals surface area contributed by atoms with Crippen LogP contribution in [0.2, 0.25) is 0 Å². The Balaban J connectivity index is 2.39. The van der Waals surface area contributed by atoms with E-state index in [4.69, 9.17) is 0 Å². The van der Waals surface area contributed by atoms with Crippen molar-refractivity contribution in [2.24, 2.45) is 4.99 Å². The summed E-state index contributed by atoms with van der Waals surface area (Å²) in [5.74, 6) is 0. The Morgan fingerprint density at radius 3 is 2.91 bits per heavy atom. The number of pyridine rings is 1. The zero-order valence-corrected chi connectivity index (χ0v) is 5.86. The molecule has 0 N–H and O–H groups in total. The van der Waals surface area contributed by atoms with Gasteiger partial charge in [-0.15, -0.1) is 0 Å². The average Bonchev–Trinajstić information content (AvgIpc) is 2.58. The van der Waals surface area contributed by atoms with E-state index in [1.165, 1.54) is 0 Å². The first-order valence-electron chi connectivity index (χ1n) is 3.37. The minimum absolute atomic E-state index is 0.880. The van der Waals surface area contributed by atoms with E-state index in [0.717, 1.165) is 11.4 Å². The summed E-state index contributed by atoms with van der Waals surface area (Å²) in [7, 11) is 0. The Labute approximate surface area is 64.6 Å². The van der Waals surface area contributed by atoms with Gasteiger partial charge in [0.2, 0.25) is 0 Å². The quantitative estimate of drug-likeness (QED) is 0.546. The van der Waals surface area contributed by atoms with Crippen LogP contribution in [0, 0.1) is 0 Å². The molecule has 2 heteroatoms. The fourth-order valence-corrected chi connectivity index (χ4v) is 0.915. The molecule has 1 aliphatic rings. The smallest absolute Gasteiger partial charge is 0.0971 e. The Morgan fingerprint density at radius 2 is 2.27 bits per heavy atom. The summed E-state index contributed by atoms with van der Waals surface area (Å²) in [5, 5.41) is 0. The molecule has 2 nitrogen and oxygen atoms in total. The highest BCUT2D eigenvalue weighted by molar-refractivity contribution is 6.08. The number of aromatic nitrogens is 1. The first-order valence-corrected chi connectivity index (χ1v) is 3.37. The highest BCUT2D eigenvalue weighted by atomic mass is 14.8. The molecule has 0 aromatic carbocycles. The molecule has 0 unspecified atom stereocenters. The van der Waals surface area contributed by atoms with Gasteiger partial charge in [0, 0.05) is 12.3 Å². The molecule has 0 saturated heterocycles. The van der Waals surface area contributed by atoms with Crippen molar-refractivity contribution in [2.75, 3.05) is 0 Å². The van der Waals surface area contributed by atoms with Crippen molar-refractivity contribution in [3.8, 4) is 0 Å². The fraction of sp³-hybridized carbons (Fsp3) is 0. The van der Waals surface area contributed by atoms with Crippen molar-refractivity contribution in [3.63, 3.8) is 0 Å². The average molecular weight is 142 g/mol. The second-order valence-corrected chi connectivity index (χ2v) is 2.17. The Kier molecular flexibility index (Phi) is 1.39. The summed E-state index contributed by atoms with van der Waals surface area (Å²) >= 11 is 0. The van der Waals surface area contributed by atoms with Gasteiger partial charge in [0.1, 0.15) is 0 Å². The van der Waals surface area contributed by atoms with Gasteiger partial charge >= 0.3 is 0 Å². The van der Waals surface area contributed by atoms with Gasteiger partial charge in [-0.3, -0.25) is 4.98 Å². The lowest BCUT2D eigenvalue weighted by Gasteiger charge is -1.93. The number of hydrogen-bond acceptors (Lipinski definition) is 2. The van der Waals surface area contributed by atoms with Gasteiger partial charge in [-0.25, -0.2) is 4.99 Å². The second-order valence-electron chi connectivity index (χ2n) is 2.17. The zero-order valence-electron chi connectivity index (χ0n) is 5.86. The van der Waals surface area contributed by atoms with Gasteiger partial charge in [-0.1, -0.05) is 11.8 Å². The third-order valence-electron chi connectivity index (χ3n) is 1.43. The van der Waals surface area contributed by atoms with Crippen molar-refractivity contribution < 1.29 is 0 Å². The first-order chi connectivity index (χ1) is 5.47. The molecule has 0 amide bonds. The van der Waals surface area contributed by atoms with Crippen LogP contribution in [0.5, 0.6) is 0 Å². The minimum Gasteiger partial charge on any atom is -0.255 e. The van der Waals surface area contributed by atoms with Gasteiger partial charge in [0.25, 0.3) is 0 Å². The maximum Gasteiger partial charge on any atom is 0.0971 e. The molecule has 2 heterocycles. The molecule has 0 bridgehead atoms. The normalized spacial score (nSPS) is 13.6. The van der Waals surface area contributed by atoms with Crippen LogP contribution < -0.4 is 0 Å². The van der Waals surface area contributed by atoms with E-state index >= 15 is 0 Å². The number of nitrogens with zero attached hydrogens (tertiary/aromatic N) is 2. The van der Waals surface area contributed by atoms with E-state index in [1.807, 2.05) is 24.3 Å². The lowest BCUT2D eigenvalue weighted by molar-refractivity contribution is 1.29.